The van der Waals surface area contributed by atoms with Crippen molar-refractivity contribution in [2.75, 3.05) is 0 Å². The Hall–Kier alpha value is -2.17. The third-order valence-electron chi connectivity index (χ3n) is 1.90. The molecule has 0 fully saturated rings. The first kappa shape index (κ1) is 8.43. The summed E-state index contributed by atoms with van der Waals surface area (Å²) in [5.74, 6) is 0.00515. The monoisotopic (exact) mass is 187 g/mol. The second kappa shape index (κ2) is 3.29. The van der Waals surface area contributed by atoms with E-state index in [4.69, 9.17) is 11.1 Å². The number of H-pyrrole nitrogens is 1. The molecule has 0 aliphatic carbocycles. The molecule has 0 amide bonds. The third kappa shape index (κ3) is 1.35. The van der Waals surface area contributed by atoms with Crippen molar-refractivity contribution in [1.29, 1.82) is 5.41 Å². The van der Waals surface area contributed by atoms with Gasteiger partial charge in [-0.3, -0.25) is 15.5 Å². The quantitative estimate of drug-likeness (QED) is 0.478. The van der Waals surface area contributed by atoms with E-state index in [1.807, 2.05) is 12.1 Å². The highest BCUT2D eigenvalue weighted by Crippen LogP contribution is 2.19. The highest BCUT2D eigenvalue weighted by molar-refractivity contribution is 6.00. The lowest BCUT2D eigenvalue weighted by molar-refractivity contribution is 1.09. The molecule has 0 saturated heterocycles. The van der Waals surface area contributed by atoms with Gasteiger partial charge in [-0.05, 0) is 12.1 Å². The molecule has 2 heterocycles. The minimum Gasteiger partial charge on any atom is -0.384 e. The number of hydrogen-bond donors (Lipinski definition) is 3. The van der Waals surface area contributed by atoms with Gasteiger partial charge in [-0.25, -0.2) is 0 Å². The van der Waals surface area contributed by atoms with Crippen molar-refractivity contribution >= 4 is 5.84 Å². The van der Waals surface area contributed by atoms with Crippen molar-refractivity contribution in [2.24, 2.45) is 5.73 Å². The molecule has 0 saturated carbocycles. The molecule has 0 radical (unpaired) electrons. The van der Waals surface area contributed by atoms with Crippen LogP contribution in [0, 0.1) is 5.41 Å². The van der Waals surface area contributed by atoms with Gasteiger partial charge in [0.05, 0.1) is 17.5 Å². The Labute approximate surface area is 80.5 Å². The highest BCUT2D eigenvalue weighted by Gasteiger charge is 2.08. The van der Waals surface area contributed by atoms with Crippen molar-refractivity contribution < 1.29 is 0 Å². The molecule has 0 aliphatic rings. The standard InChI is InChI=1S/C9H9N5/c10-9(11)7-5-13-14-8(7)6-1-3-12-4-2-6/h1-5H,(H3,10,11)(H,13,14). The molecule has 2 aromatic rings. The van der Waals surface area contributed by atoms with Crippen molar-refractivity contribution in [3.63, 3.8) is 0 Å². The first-order valence-corrected chi connectivity index (χ1v) is 4.07. The lowest BCUT2D eigenvalue weighted by Gasteiger charge is -1.99. The Balaban J connectivity index is 2.52. The molecular weight excluding hydrogens is 178 g/mol. The van der Waals surface area contributed by atoms with Gasteiger partial charge in [0.25, 0.3) is 0 Å². The second-order valence-corrected chi connectivity index (χ2v) is 2.81. The van der Waals surface area contributed by atoms with Crippen LogP contribution in [0.3, 0.4) is 0 Å². The number of amidine groups is 1. The van der Waals surface area contributed by atoms with E-state index in [9.17, 15) is 0 Å². The molecular formula is C9H9N5. The number of nitrogens with one attached hydrogen (secondary N) is 2. The van der Waals surface area contributed by atoms with E-state index in [0.717, 1.165) is 11.3 Å². The Morgan fingerprint density at radius 3 is 2.71 bits per heavy atom. The van der Waals surface area contributed by atoms with Crippen LogP contribution in [-0.4, -0.2) is 21.0 Å². The Kier molecular flexibility index (Phi) is 1.98. The van der Waals surface area contributed by atoms with E-state index < -0.39 is 0 Å². The fraction of sp³-hybridized carbons (Fsp3) is 0. The van der Waals surface area contributed by atoms with Gasteiger partial charge in [0.15, 0.2) is 0 Å². The summed E-state index contributed by atoms with van der Waals surface area (Å²) in [5.41, 5.74) is 7.68. The lowest BCUT2D eigenvalue weighted by Crippen LogP contribution is -2.11. The SMILES string of the molecule is N=C(N)c1cn[nH]c1-c1ccncc1. The van der Waals surface area contributed by atoms with Gasteiger partial charge in [0.2, 0.25) is 0 Å². The van der Waals surface area contributed by atoms with E-state index in [1.54, 1.807) is 12.4 Å². The van der Waals surface area contributed by atoms with E-state index in [2.05, 4.69) is 15.2 Å². The summed E-state index contributed by atoms with van der Waals surface area (Å²) >= 11 is 0. The van der Waals surface area contributed by atoms with Gasteiger partial charge in [-0.2, -0.15) is 5.10 Å². The maximum absolute atomic E-state index is 7.34. The summed E-state index contributed by atoms with van der Waals surface area (Å²) in [7, 11) is 0. The molecule has 2 aromatic heterocycles. The fourth-order valence-corrected chi connectivity index (χ4v) is 1.23. The van der Waals surface area contributed by atoms with E-state index in [1.165, 1.54) is 6.20 Å². The fourth-order valence-electron chi connectivity index (χ4n) is 1.23. The molecule has 0 spiro atoms. The maximum atomic E-state index is 7.34. The number of pyridine rings is 1. The average Bonchev–Trinajstić information content (AvgIpc) is 2.67. The summed E-state index contributed by atoms with van der Waals surface area (Å²) in [6, 6.07) is 3.67. The molecule has 2 rings (SSSR count). The van der Waals surface area contributed by atoms with Gasteiger partial charge in [0, 0.05) is 18.0 Å². The Morgan fingerprint density at radius 2 is 2.07 bits per heavy atom. The number of aromatic amines is 1. The van der Waals surface area contributed by atoms with Crippen LogP contribution in [0.4, 0.5) is 0 Å². The molecule has 5 nitrogen and oxygen atoms in total. The average molecular weight is 187 g/mol. The molecule has 14 heavy (non-hydrogen) atoms. The Bertz CT molecular complexity index is 445. The largest absolute Gasteiger partial charge is 0.384 e. The Morgan fingerprint density at radius 1 is 1.36 bits per heavy atom. The van der Waals surface area contributed by atoms with Gasteiger partial charge < -0.3 is 5.73 Å². The predicted octanol–water partition coefficient (Wildman–Crippen LogP) is 0.756. The summed E-state index contributed by atoms with van der Waals surface area (Å²) < 4.78 is 0. The predicted molar refractivity (Wildman–Crippen MR) is 52.8 cm³/mol. The van der Waals surface area contributed by atoms with Crippen LogP contribution in [0.2, 0.25) is 0 Å². The number of nitrogens with zero attached hydrogens (tertiary/aromatic N) is 2. The van der Waals surface area contributed by atoms with Crippen LogP contribution in [0.15, 0.2) is 30.7 Å². The summed E-state index contributed by atoms with van der Waals surface area (Å²) in [6.45, 7) is 0. The van der Waals surface area contributed by atoms with Crippen LogP contribution >= 0.6 is 0 Å². The van der Waals surface area contributed by atoms with Crippen LogP contribution in [0.25, 0.3) is 11.3 Å². The van der Waals surface area contributed by atoms with Crippen molar-refractivity contribution in [2.45, 2.75) is 0 Å². The van der Waals surface area contributed by atoms with Crippen molar-refractivity contribution in [3.8, 4) is 11.3 Å². The first-order valence-electron chi connectivity index (χ1n) is 4.07. The zero-order chi connectivity index (χ0) is 9.97. The zero-order valence-electron chi connectivity index (χ0n) is 7.36. The van der Waals surface area contributed by atoms with Crippen molar-refractivity contribution in [1.82, 2.24) is 15.2 Å². The zero-order valence-corrected chi connectivity index (χ0v) is 7.36. The van der Waals surface area contributed by atoms with Crippen LogP contribution in [-0.2, 0) is 0 Å². The number of aromatic nitrogens is 3. The second-order valence-electron chi connectivity index (χ2n) is 2.81. The maximum Gasteiger partial charge on any atom is 0.126 e. The molecule has 70 valence electrons. The van der Waals surface area contributed by atoms with Gasteiger partial charge in [-0.15, -0.1) is 0 Å². The molecule has 0 atom stereocenters. The third-order valence-corrected chi connectivity index (χ3v) is 1.90. The minimum absolute atomic E-state index is 0.00515. The topological polar surface area (TPSA) is 91.4 Å². The number of rotatable bonds is 2. The summed E-state index contributed by atoms with van der Waals surface area (Å²) in [6.07, 6.45) is 4.90. The summed E-state index contributed by atoms with van der Waals surface area (Å²) in [4.78, 5) is 3.91. The highest BCUT2D eigenvalue weighted by atomic mass is 15.1. The van der Waals surface area contributed by atoms with E-state index >= 15 is 0 Å². The molecule has 4 N–H and O–H groups in total. The van der Waals surface area contributed by atoms with Crippen LogP contribution in [0.5, 0.6) is 0 Å². The van der Waals surface area contributed by atoms with Crippen LogP contribution < -0.4 is 5.73 Å². The van der Waals surface area contributed by atoms with E-state index in [0.29, 0.717) is 5.56 Å². The molecule has 0 unspecified atom stereocenters. The molecule has 0 aliphatic heterocycles. The normalized spacial score (nSPS) is 10.0. The van der Waals surface area contributed by atoms with E-state index in [-0.39, 0.29) is 5.84 Å². The van der Waals surface area contributed by atoms with Crippen molar-refractivity contribution in [3.05, 3.63) is 36.3 Å². The van der Waals surface area contributed by atoms with Gasteiger partial charge in [-0.1, -0.05) is 0 Å². The number of nitrogens with two attached hydrogens (primary N) is 1. The molecule has 0 bridgehead atoms. The minimum atomic E-state index is 0.00515. The molecule has 5 heteroatoms. The number of nitrogen functional groups attached to an aromatic ring is 1. The lowest BCUT2D eigenvalue weighted by atomic mass is 10.1. The molecule has 0 aromatic carbocycles. The first-order chi connectivity index (χ1) is 6.79. The number of hydrogen-bond acceptors (Lipinski definition) is 3. The smallest absolute Gasteiger partial charge is 0.126 e. The van der Waals surface area contributed by atoms with Gasteiger partial charge in [0.1, 0.15) is 5.84 Å². The van der Waals surface area contributed by atoms with Crippen LogP contribution in [0.1, 0.15) is 5.56 Å². The van der Waals surface area contributed by atoms with Gasteiger partial charge >= 0.3 is 0 Å². The summed E-state index contributed by atoms with van der Waals surface area (Å²) in [5, 5.41) is 14.0.